The number of carbonyl (C=O) groups excluding carboxylic acids is 1. The first-order valence-electron chi connectivity index (χ1n) is 8.31. The molecular formula is C18H25NO3. The number of ether oxygens (including phenoxy) is 2. The number of nitrogens with zero attached hydrogens (tertiary/aromatic N) is 1. The fourth-order valence-electron chi connectivity index (χ4n) is 3.19. The van der Waals surface area contributed by atoms with Gasteiger partial charge in [-0.15, -0.1) is 0 Å². The van der Waals surface area contributed by atoms with Crippen molar-refractivity contribution in [2.24, 2.45) is 0 Å². The van der Waals surface area contributed by atoms with Crippen LogP contribution in [0.3, 0.4) is 0 Å². The molecule has 2 atom stereocenters. The number of amides is 1. The lowest BCUT2D eigenvalue weighted by molar-refractivity contribution is 0.0307. The number of benzene rings is 1. The van der Waals surface area contributed by atoms with Crippen molar-refractivity contribution in [2.45, 2.75) is 44.8 Å². The molecule has 120 valence electrons. The maximum atomic E-state index is 12.8. The largest absolute Gasteiger partial charge is 0.376 e. The van der Waals surface area contributed by atoms with E-state index < -0.39 is 0 Å². The zero-order chi connectivity index (χ0) is 15.4. The van der Waals surface area contributed by atoms with Crippen LogP contribution in [0.2, 0.25) is 0 Å². The van der Waals surface area contributed by atoms with Crippen LogP contribution >= 0.6 is 0 Å². The summed E-state index contributed by atoms with van der Waals surface area (Å²) in [5.74, 6) is 0.0889. The highest BCUT2D eigenvalue weighted by Crippen LogP contribution is 2.19. The van der Waals surface area contributed by atoms with E-state index in [1.807, 2.05) is 36.1 Å². The highest BCUT2D eigenvalue weighted by Gasteiger charge is 2.27. The molecule has 0 N–H and O–H groups in total. The van der Waals surface area contributed by atoms with E-state index in [1.54, 1.807) is 0 Å². The Labute approximate surface area is 132 Å². The molecule has 3 rings (SSSR count). The van der Waals surface area contributed by atoms with Gasteiger partial charge in [0.2, 0.25) is 0 Å². The highest BCUT2D eigenvalue weighted by atomic mass is 16.5. The Balaban J connectivity index is 1.70. The molecule has 1 aromatic carbocycles. The van der Waals surface area contributed by atoms with E-state index in [0.717, 1.165) is 44.5 Å². The third-order valence-corrected chi connectivity index (χ3v) is 4.48. The summed E-state index contributed by atoms with van der Waals surface area (Å²) in [7, 11) is 0. The van der Waals surface area contributed by atoms with E-state index in [1.165, 1.54) is 5.56 Å². The molecule has 1 aromatic rings. The van der Waals surface area contributed by atoms with Crippen molar-refractivity contribution in [1.82, 2.24) is 4.90 Å². The van der Waals surface area contributed by atoms with Gasteiger partial charge >= 0.3 is 0 Å². The number of hydrogen-bond acceptors (Lipinski definition) is 3. The van der Waals surface area contributed by atoms with Crippen molar-refractivity contribution < 1.29 is 14.3 Å². The number of carbonyl (C=O) groups is 1. The van der Waals surface area contributed by atoms with Crippen LogP contribution in [0.25, 0.3) is 0 Å². The van der Waals surface area contributed by atoms with Gasteiger partial charge in [0.1, 0.15) is 0 Å². The molecule has 1 amide bonds. The lowest BCUT2D eigenvalue weighted by Crippen LogP contribution is -2.42. The van der Waals surface area contributed by atoms with Crippen LogP contribution in [0.4, 0.5) is 0 Å². The van der Waals surface area contributed by atoms with Gasteiger partial charge in [-0.05, 0) is 44.7 Å². The minimum atomic E-state index is 0.0889. The number of aryl methyl sites for hydroxylation is 1. The first-order valence-corrected chi connectivity index (χ1v) is 8.31. The maximum absolute atomic E-state index is 12.8. The van der Waals surface area contributed by atoms with Crippen LogP contribution in [0, 0.1) is 6.92 Å². The molecule has 2 saturated heterocycles. The summed E-state index contributed by atoms with van der Waals surface area (Å²) >= 11 is 0. The van der Waals surface area contributed by atoms with E-state index in [9.17, 15) is 4.79 Å². The third-order valence-electron chi connectivity index (χ3n) is 4.48. The standard InChI is InChI=1S/C18H25NO3/c1-14-6-8-15(9-7-14)18(20)19(12-16-4-2-10-21-16)13-17-5-3-11-22-17/h6-9,16-17H,2-5,10-13H2,1H3/t16-,17-/m1/s1. The van der Waals surface area contributed by atoms with Gasteiger partial charge in [0.05, 0.1) is 12.2 Å². The fourth-order valence-corrected chi connectivity index (χ4v) is 3.19. The molecule has 0 radical (unpaired) electrons. The van der Waals surface area contributed by atoms with Gasteiger partial charge in [-0.25, -0.2) is 0 Å². The van der Waals surface area contributed by atoms with Gasteiger partial charge in [0, 0.05) is 31.9 Å². The molecule has 0 aliphatic carbocycles. The monoisotopic (exact) mass is 303 g/mol. The summed E-state index contributed by atoms with van der Waals surface area (Å²) in [5.41, 5.74) is 1.92. The summed E-state index contributed by atoms with van der Waals surface area (Å²) in [6, 6.07) is 7.80. The van der Waals surface area contributed by atoms with Crippen molar-refractivity contribution in [3.8, 4) is 0 Å². The van der Waals surface area contributed by atoms with Gasteiger partial charge in [0.25, 0.3) is 5.91 Å². The molecule has 0 bridgehead atoms. The van der Waals surface area contributed by atoms with Crippen molar-refractivity contribution in [2.75, 3.05) is 26.3 Å². The van der Waals surface area contributed by atoms with Gasteiger partial charge < -0.3 is 14.4 Å². The second-order valence-corrected chi connectivity index (χ2v) is 6.35. The van der Waals surface area contributed by atoms with E-state index in [-0.39, 0.29) is 18.1 Å². The predicted octanol–water partition coefficient (Wildman–Crippen LogP) is 2.80. The SMILES string of the molecule is Cc1ccc(C(=O)N(C[C@H]2CCCO2)C[C@H]2CCCO2)cc1. The molecule has 0 aromatic heterocycles. The lowest BCUT2D eigenvalue weighted by atomic mass is 10.1. The van der Waals surface area contributed by atoms with Crippen LogP contribution in [-0.2, 0) is 9.47 Å². The Kier molecular flexibility index (Phi) is 5.11. The molecular weight excluding hydrogens is 278 g/mol. The van der Waals surface area contributed by atoms with E-state index in [0.29, 0.717) is 13.1 Å². The topological polar surface area (TPSA) is 38.8 Å². The van der Waals surface area contributed by atoms with Crippen molar-refractivity contribution in [1.29, 1.82) is 0 Å². The Morgan fingerprint density at radius 2 is 1.59 bits per heavy atom. The average molecular weight is 303 g/mol. The van der Waals surface area contributed by atoms with Crippen molar-refractivity contribution >= 4 is 5.91 Å². The Hall–Kier alpha value is -1.39. The zero-order valence-electron chi connectivity index (χ0n) is 13.3. The molecule has 2 heterocycles. The molecule has 4 heteroatoms. The molecule has 0 unspecified atom stereocenters. The van der Waals surface area contributed by atoms with Crippen LogP contribution in [-0.4, -0.2) is 49.3 Å². The summed E-state index contributed by atoms with van der Waals surface area (Å²) in [5, 5.41) is 0. The second-order valence-electron chi connectivity index (χ2n) is 6.35. The smallest absolute Gasteiger partial charge is 0.254 e. The number of rotatable bonds is 5. The molecule has 2 aliphatic rings. The van der Waals surface area contributed by atoms with Crippen LogP contribution < -0.4 is 0 Å². The Morgan fingerprint density at radius 3 is 2.05 bits per heavy atom. The Morgan fingerprint density at radius 1 is 1.05 bits per heavy atom. The Bertz CT molecular complexity index is 470. The van der Waals surface area contributed by atoms with Gasteiger partial charge in [-0.2, -0.15) is 0 Å². The summed E-state index contributed by atoms with van der Waals surface area (Å²) in [6.07, 6.45) is 4.63. The molecule has 2 aliphatic heterocycles. The lowest BCUT2D eigenvalue weighted by Gasteiger charge is -2.28. The van der Waals surface area contributed by atoms with E-state index in [2.05, 4.69) is 0 Å². The molecule has 0 spiro atoms. The summed E-state index contributed by atoms with van der Waals surface area (Å²) < 4.78 is 11.4. The first kappa shape index (κ1) is 15.5. The zero-order valence-corrected chi connectivity index (χ0v) is 13.3. The van der Waals surface area contributed by atoms with E-state index in [4.69, 9.17) is 9.47 Å². The van der Waals surface area contributed by atoms with Crippen LogP contribution in [0.5, 0.6) is 0 Å². The number of hydrogen-bond donors (Lipinski definition) is 0. The van der Waals surface area contributed by atoms with Crippen LogP contribution in [0.15, 0.2) is 24.3 Å². The summed E-state index contributed by atoms with van der Waals surface area (Å²) in [6.45, 7) is 5.01. The third kappa shape index (κ3) is 3.87. The minimum Gasteiger partial charge on any atom is -0.376 e. The molecule has 22 heavy (non-hydrogen) atoms. The normalized spacial score (nSPS) is 24.6. The van der Waals surface area contributed by atoms with E-state index >= 15 is 0 Å². The van der Waals surface area contributed by atoms with Gasteiger partial charge in [-0.3, -0.25) is 4.79 Å². The van der Waals surface area contributed by atoms with Crippen molar-refractivity contribution in [3.63, 3.8) is 0 Å². The van der Waals surface area contributed by atoms with Crippen molar-refractivity contribution in [3.05, 3.63) is 35.4 Å². The summed E-state index contributed by atoms with van der Waals surface area (Å²) in [4.78, 5) is 14.8. The predicted molar refractivity (Wildman–Crippen MR) is 85.0 cm³/mol. The minimum absolute atomic E-state index is 0.0889. The first-order chi connectivity index (χ1) is 10.7. The molecule has 4 nitrogen and oxygen atoms in total. The van der Waals surface area contributed by atoms with Crippen LogP contribution in [0.1, 0.15) is 41.6 Å². The van der Waals surface area contributed by atoms with Gasteiger partial charge in [0.15, 0.2) is 0 Å². The molecule has 0 saturated carbocycles. The van der Waals surface area contributed by atoms with Gasteiger partial charge in [-0.1, -0.05) is 17.7 Å². The highest BCUT2D eigenvalue weighted by molar-refractivity contribution is 5.94. The second kappa shape index (κ2) is 7.25. The fraction of sp³-hybridized carbons (Fsp3) is 0.611. The molecule has 2 fully saturated rings. The maximum Gasteiger partial charge on any atom is 0.254 e. The quantitative estimate of drug-likeness (QED) is 0.839. The average Bonchev–Trinajstić information content (AvgIpc) is 3.20.